The molecule has 1 atom stereocenters. The van der Waals surface area contributed by atoms with E-state index >= 15 is 0 Å². The first kappa shape index (κ1) is 20.5. The van der Waals surface area contributed by atoms with Crippen LogP contribution in [0.1, 0.15) is 35.3 Å². The van der Waals surface area contributed by atoms with Crippen LogP contribution in [0.2, 0.25) is 0 Å². The van der Waals surface area contributed by atoms with Gasteiger partial charge in [-0.15, -0.1) is 11.3 Å². The molecule has 150 valence electrons. The van der Waals surface area contributed by atoms with Crippen LogP contribution in [-0.4, -0.2) is 16.8 Å². The molecule has 3 aromatic rings. The Hall–Kier alpha value is -3.19. The van der Waals surface area contributed by atoms with Gasteiger partial charge in [0, 0.05) is 5.38 Å². The molecule has 0 fully saturated rings. The molecule has 2 N–H and O–H groups in total. The van der Waals surface area contributed by atoms with E-state index in [4.69, 9.17) is 4.74 Å². The molecule has 0 aliphatic carbocycles. The van der Waals surface area contributed by atoms with Crippen LogP contribution >= 0.6 is 11.3 Å². The number of ether oxygens (including phenoxy) is 1. The van der Waals surface area contributed by atoms with Crippen molar-refractivity contribution in [2.24, 2.45) is 0 Å². The molecule has 0 bridgehead atoms. The minimum Gasteiger partial charge on any atom is -0.485 e. The lowest BCUT2D eigenvalue weighted by Gasteiger charge is -2.18. The predicted molar refractivity (Wildman–Crippen MR) is 114 cm³/mol. The summed E-state index contributed by atoms with van der Waals surface area (Å²) >= 11 is 1.49. The number of nitrogens with one attached hydrogen (secondary N) is 2. The summed E-state index contributed by atoms with van der Waals surface area (Å²) in [7, 11) is 0. The van der Waals surface area contributed by atoms with E-state index in [1.54, 1.807) is 29.8 Å². The number of rotatable bonds is 6. The van der Waals surface area contributed by atoms with E-state index in [0.717, 1.165) is 22.4 Å². The zero-order valence-corrected chi connectivity index (χ0v) is 17.4. The van der Waals surface area contributed by atoms with Gasteiger partial charge < -0.3 is 15.4 Å². The van der Waals surface area contributed by atoms with Crippen LogP contribution in [0.3, 0.4) is 0 Å². The van der Waals surface area contributed by atoms with Crippen molar-refractivity contribution in [3.63, 3.8) is 0 Å². The first-order chi connectivity index (χ1) is 14.0. The van der Waals surface area contributed by atoms with Crippen LogP contribution < -0.4 is 15.4 Å². The maximum atomic E-state index is 12.4. The third-order valence-corrected chi connectivity index (χ3v) is 5.30. The van der Waals surface area contributed by atoms with Crippen LogP contribution in [0.5, 0.6) is 5.75 Å². The average Bonchev–Trinajstić information content (AvgIpc) is 3.23. The van der Waals surface area contributed by atoms with Crippen LogP contribution in [0.25, 0.3) is 0 Å². The van der Waals surface area contributed by atoms with Gasteiger partial charge in [0.1, 0.15) is 12.4 Å². The van der Waals surface area contributed by atoms with Crippen molar-refractivity contribution in [1.82, 2.24) is 10.3 Å². The largest absolute Gasteiger partial charge is 0.485 e. The van der Waals surface area contributed by atoms with Gasteiger partial charge in [-0.2, -0.15) is 0 Å². The lowest BCUT2D eigenvalue weighted by atomic mass is 9.98. The monoisotopic (exact) mass is 409 g/mol. The number of nitrogens with zero attached hydrogens (tertiary/aromatic N) is 1. The molecule has 1 aromatic heterocycles. The number of aryl methyl sites for hydroxylation is 1. The highest BCUT2D eigenvalue weighted by Crippen LogP contribution is 2.25. The van der Waals surface area contributed by atoms with Gasteiger partial charge in [-0.25, -0.2) is 4.98 Å². The summed E-state index contributed by atoms with van der Waals surface area (Å²) in [5.74, 6) is -0.969. The second kappa shape index (κ2) is 9.34. The summed E-state index contributed by atoms with van der Waals surface area (Å²) < 4.78 is 5.74. The summed E-state index contributed by atoms with van der Waals surface area (Å²) in [6, 6.07) is 12.6. The topological polar surface area (TPSA) is 80.3 Å². The third kappa shape index (κ3) is 5.20. The highest BCUT2D eigenvalue weighted by atomic mass is 32.1. The Morgan fingerprint density at radius 2 is 1.90 bits per heavy atom. The van der Waals surface area contributed by atoms with E-state index in [-0.39, 0.29) is 12.6 Å². The number of benzene rings is 2. The minimum absolute atomic E-state index is 0.284. The van der Waals surface area contributed by atoms with E-state index in [0.29, 0.717) is 11.4 Å². The van der Waals surface area contributed by atoms with Crippen LogP contribution in [0.15, 0.2) is 53.4 Å². The maximum Gasteiger partial charge on any atom is 0.313 e. The van der Waals surface area contributed by atoms with Crippen molar-refractivity contribution in [3.05, 3.63) is 75.7 Å². The molecule has 1 heterocycles. The fourth-order valence-corrected chi connectivity index (χ4v) is 3.46. The second-order valence-electron chi connectivity index (χ2n) is 6.70. The highest BCUT2D eigenvalue weighted by Gasteiger charge is 2.19. The van der Waals surface area contributed by atoms with E-state index in [9.17, 15) is 9.59 Å². The van der Waals surface area contributed by atoms with Gasteiger partial charge in [0.15, 0.2) is 0 Å². The Kier molecular flexibility index (Phi) is 6.61. The Bertz CT molecular complexity index is 1000. The number of amides is 2. The molecular weight excluding hydrogens is 386 g/mol. The Morgan fingerprint density at radius 1 is 1.10 bits per heavy atom. The quantitative estimate of drug-likeness (QED) is 0.599. The smallest absolute Gasteiger partial charge is 0.313 e. The molecule has 2 aromatic carbocycles. The number of anilines is 1. The van der Waals surface area contributed by atoms with Crippen molar-refractivity contribution >= 4 is 28.8 Å². The van der Waals surface area contributed by atoms with Gasteiger partial charge in [0.25, 0.3) is 0 Å². The zero-order valence-electron chi connectivity index (χ0n) is 16.6. The molecule has 1 unspecified atom stereocenters. The van der Waals surface area contributed by atoms with E-state index in [1.807, 2.05) is 44.4 Å². The highest BCUT2D eigenvalue weighted by molar-refractivity contribution is 7.07. The lowest BCUT2D eigenvalue weighted by molar-refractivity contribution is -0.136. The van der Waals surface area contributed by atoms with E-state index in [2.05, 4.69) is 15.6 Å². The van der Waals surface area contributed by atoms with Crippen molar-refractivity contribution in [2.45, 2.75) is 33.4 Å². The predicted octanol–water partition coefficient (Wildman–Crippen LogP) is 4.15. The summed E-state index contributed by atoms with van der Waals surface area (Å²) in [4.78, 5) is 29.0. The number of hydrogen-bond donors (Lipinski definition) is 2. The van der Waals surface area contributed by atoms with Gasteiger partial charge in [-0.1, -0.05) is 30.3 Å². The molecule has 6 nitrogen and oxygen atoms in total. The minimum atomic E-state index is -0.744. The summed E-state index contributed by atoms with van der Waals surface area (Å²) in [6.07, 6.45) is 0. The first-order valence-electron chi connectivity index (χ1n) is 9.22. The molecule has 0 radical (unpaired) electrons. The number of para-hydroxylation sites is 2. The van der Waals surface area contributed by atoms with Gasteiger partial charge in [-0.3, -0.25) is 9.59 Å². The Balaban J connectivity index is 1.63. The van der Waals surface area contributed by atoms with Crippen molar-refractivity contribution in [1.29, 1.82) is 0 Å². The molecule has 0 saturated heterocycles. The first-order valence-corrected chi connectivity index (χ1v) is 10.2. The Morgan fingerprint density at radius 3 is 2.66 bits per heavy atom. The lowest BCUT2D eigenvalue weighted by Crippen LogP contribution is -2.37. The van der Waals surface area contributed by atoms with Gasteiger partial charge in [0.05, 0.1) is 22.9 Å². The average molecular weight is 410 g/mol. The summed E-state index contributed by atoms with van der Waals surface area (Å²) in [5.41, 5.74) is 6.19. The fourth-order valence-electron chi connectivity index (χ4n) is 2.92. The number of hydrogen-bond acceptors (Lipinski definition) is 5. The van der Waals surface area contributed by atoms with Crippen molar-refractivity contribution in [3.8, 4) is 5.75 Å². The number of thiazole rings is 1. The molecular formula is C22H23N3O3S. The van der Waals surface area contributed by atoms with Crippen molar-refractivity contribution in [2.75, 3.05) is 5.32 Å². The molecule has 0 saturated carbocycles. The normalized spacial score (nSPS) is 11.6. The van der Waals surface area contributed by atoms with Gasteiger partial charge in [0.2, 0.25) is 0 Å². The Labute approximate surface area is 173 Å². The van der Waals surface area contributed by atoms with Crippen LogP contribution in [0.4, 0.5) is 5.69 Å². The fraction of sp³-hybridized carbons (Fsp3) is 0.227. The third-order valence-electron chi connectivity index (χ3n) is 4.66. The molecule has 0 aliphatic rings. The van der Waals surface area contributed by atoms with Crippen LogP contribution in [0, 0.1) is 13.8 Å². The maximum absolute atomic E-state index is 12.4. The molecule has 2 amide bonds. The zero-order chi connectivity index (χ0) is 20.8. The second-order valence-corrected chi connectivity index (χ2v) is 7.42. The molecule has 0 spiro atoms. The number of carbonyl (C=O) groups excluding carboxylic acids is 2. The van der Waals surface area contributed by atoms with E-state index in [1.165, 1.54) is 11.3 Å². The van der Waals surface area contributed by atoms with Gasteiger partial charge in [-0.05, 0) is 49.6 Å². The van der Waals surface area contributed by atoms with Gasteiger partial charge >= 0.3 is 11.8 Å². The molecule has 29 heavy (non-hydrogen) atoms. The molecule has 3 rings (SSSR count). The standard InChI is InChI=1S/C22H23N3O3S/c1-14-7-6-8-18(15(14)2)16(3)24-21(26)22(27)25-19-9-4-5-10-20(19)28-11-17-12-29-13-23-17/h4-10,12-13,16H,11H2,1-3H3,(H,24,26)(H,25,27). The van der Waals surface area contributed by atoms with Crippen molar-refractivity contribution < 1.29 is 14.3 Å². The number of carbonyl (C=O) groups is 2. The van der Waals surface area contributed by atoms with Crippen LogP contribution in [-0.2, 0) is 16.2 Å². The summed E-state index contributed by atoms with van der Waals surface area (Å²) in [5, 5.41) is 7.28. The molecule has 7 heteroatoms. The number of aromatic nitrogens is 1. The molecule has 0 aliphatic heterocycles. The SMILES string of the molecule is Cc1cccc(C(C)NC(=O)C(=O)Nc2ccccc2OCc2cscn2)c1C. The van der Waals surface area contributed by atoms with E-state index < -0.39 is 11.8 Å². The summed E-state index contributed by atoms with van der Waals surface area (Å²) in [6.45, 7) is 6.16.